The number of carbonyl (C=O) groups excluding carboxylic acids is 2. The number of para-hydroxylation sites is 1. The minimum absolute atomic E-state index is 0.110. The Bertz CT molecular complexity index is 953. The van der Waals surface area contributed by atoms with Gasteiger partial charge in [-0.15, -0.1) is 11.3 Å². The topological polar surface area (TPSA) is 104 Å². The van der Waals surface area contributed by atoms with Gasteiger partial charge in [-0.1, -0.05) is 30.4 Å². The molecule has 1 aliphatic carbocycles. The van der Waals surface area contributed by atoms with Crippen LogP contribution in [0.5, 0.6) is 0 Å². The molecule has 1 unspecified atom stereocenters. The third-order valence-corrected chi connectivity index (χ3v) is 6.81. The van der Waals surface area contributed by atoms with Crippen molar-refractivity contribution in [3.63, 3.8) is 0 Å². The Morgan fingerprint density at radius 2 is 1.93 bits per heavy atom. The number of carbonyl (C=O) groups is 2. The van der Waals surface area contributed by atoms with Crippen molar-refractivity contribution in [2.24, 2.45) is 5.92 Å². The largest absolute Gasteiger partial charge is 0.278 e. The number of thiophene rings is 1. The van der Waals surface area contributed by atoms with Crippen LogP contribution in [0.3, 0.4) is 0 Å². The molecule has 9 heteroatoms. The number of allylic oxidation sites excluding steroid dienone is 2. The number of benzene rings is 1. The molecule has 0 spiro atoms. The lowest BCUT2D eigenvalue weighted by molar-refractivity contribution is -0.122. The van der Waals surface area contributed by atoms with Gasteiger partial charge in [0, 0.05) is 6.42 Å². The van der Waals surface area contributed by atoms with Crippen molar-refractivity contribution in [3.8, 4) is 0 Å². The van der Waals surface area contributed by atoms with E-state index in [0.717, 1.165) is 24.2 Å². The fourth-order valence-electron chi connectivity index (χ4n) is 2.73. The summed E-state index contributed by atoms with van der Waals surface area (Å²) in [6.45, 7) is 0. The molecule has 7 nitrogen and oxygen atoms in total. The second-order valence-corrected chi connectivity index (χ2v) is 8.91. The second kappa shape index (κ2) is 8.36. The molecule has 3 rings (SSSR count). The van der Waals surface area contributed by atoms with Gasteiger partial charge in [-0.05, 0) is 42.3 Å². The maximum atomic E-state index is 12.4. The molecule has 0 aliphatic heterocycles. The summed E-state index contributed by atoms with van der Waals surface area (Å²) in [5, 5.41) is 1.66. The van der Waals surface area contributed by atoms with E-state index in [1.54, 1.807) is 23.6 Å². The Morgan fingerprint density at radius 3 is 2.63 bits per heavy atom. The van der Waals surface area contributed by atoms with E-state index in [1.807, 2.05) is 12.2 Å². The van der Waals surface area contributed by atoms with E-state index in [9.17, 15) is 18.0 Å². The molecule has 1 aliphatic rings. The van der Waals surface area contributed by atoms with Gasteiger partial charge in [0.15, 0.2) is 0 Å². The van der Waals surface area contributed by atoms with Crippen LogP contribution in [0, 0.1) is 5.92 Å². The highest BCUT2D eigenvalue weighted by molar-refractivity contribution is 7.94. The van der Waals surface area contributed by atoms with Crippen molar-refractivity contribution in [1.29, 1.82) is 0 Å². The predicted molar refractivity (Wildman–Crippen MR) is 104 cm³/mol. The van der Waals surface area contributed by atoms with Gasteiger partial charge in [0.1, 0.15) is 4.21 Å². The molecule has 1 aromatic carbocycles. The van der Waals surface area contributed by atoms with Crippen LogP contribution < -0.4 is 15.6 Å². The Hall–Kier alpha value is -2.65. The van der Waals surface area contributed by atoms with E-state index < -0.39 is 15.9 Å². The van der Waals surface area contributed by atoms with Gasteiger partial charge in [0.05, 0.1) is 11.3 Å². The van der Waals surface area contributed by atoms with Crippen molar-refractivity contribution in [3.05, 3.63) is 59.5 Å². The smallest absolute Gasteiger partial charge is 0.271 e. The first kappa shape index (κ1) is 19.1. The Balaban J connectivity index is 1.65. The molecule has 1 heterocycles. The zero-order valence-corrected chi connectivity index (χ0v) is 16.0. The molecule has 0 saturated heterocycles. The van der Waals surface area contributed by atoms with Gasteiger partial charge in [-0.3, -0.25) is 25.2 Å². The first-order chi connectivity index (χ1) is 13.0. The summed E-state index contributed by atoms with van der Waals surface area (Å²) in [6.07, 6.45) is 6.21. The molecular weight excluding hydrogens is 386 g/mol. The number of hydrazine groups is 1. The zero-order valence-electron chi connectivity index (χ0n) is 14.3. The highest BCUT2D eigenvalue weighted by atomic mass is 32.2. The van der Waals surface area contributed by atoms with Crippen LogP contribution in [0.25, 0.3) is 0 Å². The highest BCUT2D eigenvalue weighted by Crippen LogP contribution is 2.23. The number of sulfonamides is 1. The Kier molecular flexibility index (Phi) is 5.92. The molecule has 142 valence electrons. The molecule has 2 aromatic rings. The lowest BCUT2D eigenvalue weighted by Gasteiger charge is -2.13. The van der Waals surface area contributed by atoms with Gasteiger partial charge in [-0.25, -0.2) is 8.42 Å². The maximum absolute atomic E-state index is 12.4. The molecule has 1 atom stereocenters. The molecule has 0 bridgehead atoms. The molecule has 0 saturated carbocycles. The third kappa shape index (κ3) is 4.95. The van der Waals surface area contributed by atoms with E-state index in [2.05, 4.69) is 15.6 Å². The molecule has 3 N–H and O–H groups in total. The third-order valence-electron chi connectivity index (χ3n) is 4.05. The fraction of sp³-hybridized carbons (Fsp3) is 0.222. The van der Waals surface area contributed by atoms with Gasteiger partial charge >= 0.3 is 0 Å². The number of rotatable bonds is 6. The quantitative estimate of drug-likeness (QED) is 0.508. The van der Waals surface area contributed by atoms with Crippen LogP contribution in [0.2, 0.25) is 0 Å². The lowest BCUT2D eigenvalue weighted by atomic mass is 10.1. The maximum Gasteiger partial charge on any atom is 0.271 e. The van der Waals surface area contributed by atoms with Gasteiger partial charge < -0.3 is 0 Å². The van der Waals surface area contributed by atoms with Gasteiger partial charge in [0.2, 0.25) is 5.91 Å². The number of anilines is 1. The standard InChI is InChI=1S/C18H19N3O4S2/c22-16(12-13-6-1-2-7-13)19-20-18(23)14-8-3-4-9-15(14)21-27(24,25)17-10-5-11-26-17/h1,3-6,8-11,13,21H,2,7,12H2,(H,19,22)(H,20,23). The van der Waals surface area contributed by atoms with Crippen LogP contribution in [-0.2, 0) is 14.8 Å². The number of nitrogens with one attached hydrogen (secondary N) is 3. The van der Waals surface area contributed by atoms with Crippen LogP contribution in [0.4, 0.5) is 5.69 Å². The minimum Gasteiger partial charge on any atom is -0.278 e. The summed E-state index contributed by atoms with van der Waals surface area (Å²) in [4.78, 5) is 24.3. The predicted octanol–water partition coefficient (Wildman–Crippen LogP) is 2.67. The van der Waals surface area contributed by atoms with Crippen molar-refractivity contribution >= 4 is 38.9 Å². The van der Waals surface area contributed by atoms with Crippen LogP contribution in [-0.4, -0.2) is 20.2 Å². The van der Waals surface area contributed by atoms with Gasteiger partial charge in [-0.2, -0.15) is 0 Å². The first-order valence-corrected chi connectivity index (χ1v) is 10.7. The summed E-state index contributed by atoms with van der Waals surface area (Å²) >= 11 is 1.08. The van der Waals surface area contributed by atoms with Crippen molar-refractivity contribution < 1.29 is 18.0 Å². The summed E-state index contributed by atoms with van der Waals surface area (Å²) in [7, 11) is -3.78. The van der Waals surface area contributed by atoms with Crippen molar-refractivity contribution in [2.45, 2.75) is 23.5 Å². The summed E-state index contributed by atoms with van der Waals surface area (Å²) in [5.41, 5.74) is 4.96. The Labute approximate surface area is 161 Å². The number of hydrogen-bond acceptors (Lipinski definition) is 5. The minimum atomic E-state index is -3.78. The van der Waals surface area contributed by atoms with Crippen molar-refractivity contribution in [1.82, 2.24) is 10.9 Å². The van der Waals surface area contributed by atoms with E-state index in [0.29, 0.717) is 6.42 Å². The van der Waals surface area contributed by atoms with Gasteiger partial charge in [0.25, 0.3) is 15.9 Å². The molecule has 0 radical (unpaired) electrons. The molecular formula is C18H19N3O4S2. The van der Waals surface area contributed by atoms with E-state index in [-0.39, 0.29) is 27.3 Å². The normalized spacial score (nSPS) is 16.1. The van der Waals surface area contributed by atoms with E-state index in [1.165, 1.54) is 18.2 Å². The van der Waals surface area contributed by atoms with Crippen LogP contribution in [0.15, 0.2) is 58.1 Å². The molecule has 1 aromatic heterocycles. The number of hydrogen-bond donors (Lipinski definition) is 3. The summed E-state index contributed by atoms with van der Waals surface area (Å²) in [5.74, 6) is -0.710. The first-order valence-electron chi connectivity index (χ1n) is 8.37. The average Bonchev–Trinajstić information content (AvgIpc) is 3.34. The number of amides is 2. The lowest BCUT2D eigenvalue weighted by Crippen LogP contribution is -2.42. The SMILES string of the molecule is O=C(CC1C=CCC1)NNC(=O)c1ccccc1NS(=O)(=O)c1cccs1. The van der Waals surface area contributed by atoms with E-state index in [4.69, 9.17) is 0 Å². The van der Waals surface area contributed by atoms with E-state index >= 15 is 0 Å². The monoisotopic (exact) mass is 405 g/mol. The summed E-state index contributed by atoms with van der Waals surface area (Å²) < 4.78 is 27.3. The molecule has 2 amide bonds. The van der Waals surface area contributed by atoms with Crippen molar-refractivity contribution in [2.75, 3.05) is 4.72 Å². The molecule has 0 fully saturated rings. The zero-order chi connectivity index (χ0) is 19.3. The Morgan fingerprint density at radius 1 is 1.11 bits per heavy atom. The molecule has 27 heavy (non-hydrogen) atoms. The highest BCUT2D eigenvalue weighted by Gasteiger charge is 2.20. The average molecular weight is 406 g/mol. The second-order valence-electron chi connectivity index (χ2n) is 6.06. The summed E-state index contributed by atoms with van der Waals surface area (Å²) in [6, 6.07) is 9.32. The van der Waals surface area contributed by atoms with Crippen LogP contribution >= 0.6 is 11.3 Å². The fourth-order valence-corrected chi connectivity index (χ4v) is 4.80. The van der Waals surface area contributed by atoms with Crippen LogP contribution in [0.1, 0.15) is 29.6 Å².